The number of anilines is 2. The second-order valence-electron chi connectivity index (χ2n) is 8.84. The standard InChI is InChI=1S/C27H30N4O4/c1-33-20-6-4-5-19(15-20)30-9-11-31(12-10-30)27-28-17-23-24(29-27)13-18(14-25(23)32)22-8-7-21(34-2)16-26(22)35-3/h4-8,15-18H,9-14H2,1-3H3/t18-/m1/s1. The van der Waals surface area contributed by atoms with E-state index in [9.17, 15) is 4.79 Å². The number of carbonyl (C=O) groups is 1. The van der Waals surface area contributed by atoms with Crippen LogP contribution < -0.4 is 24.0 Å². The minimum atomic E-state index is 0.00325. The van der Waals surface area contributed by atoms with Crippen LogP contribution in [0.2, 0.25) is 0 Å². The van der Waals surface area contributed by atoms with E-state index in [2.05, 4.69) is 26.9 Å². The highest BCUT2D eigenvalue weighted by molar-refractivity contribution is 5.98. The van der Waals surface area contributed by atoms with Crippen LogP contribution in [-0.2, 0) is 6.42 Å². The Kier molecular flexibility index (Phi) is 6.44. The van der Waals surface area contributed by atoms with Crippen molar-refractivity contribution < 1.29 is 19.0 Å². The summed E-state index contributed by atoms with van der Waals surface area (Å²) in [5.74, 6) is 3.08. The molecule has 1 fully saturated rings. The number of Topliss-reactive ketones (excluding diaryl/α,β-unsaturated/α-hetero) is 1. The molecule has 1 aliphatic heterocycles. The lowest BCUT2D eigenvalue weighted by atomic mass is 9.82. The third-order valence-corrected chi connectivity index (χ3v) is 6.89. The molecular weight excluding hydrogens is 444 g/mol. The molecule has 2 heterocycles. The van der Waals surface area contributed by atoms with Gasteiger partial charge >= 0.3 is 0 Å². The third-order valence-electron chi connectivity index (χ3n) is 6.89. The quantitative estimate of drug-likeness (QED) is 0.535. The molecule has 2 aromatic carbocycles. The number of aromatic nitrogens is 2. The van der Waals surface area contributed by atoms with Gasteiger partial charge < -0.3 is 24.0 Å². The number of piperazine rings is 1. The number of fused-ring (bicyclic) bond motifs is 1. The average Bonchev–Trinajstić information content (AvgIpc) is 2.92. The molecule has 35 heavy (non-hydrogen) atoms. The van der Waals surface area contributed by atoms with Gasteiger partial charge in [-0.1, -0.05) is 12.1 Å². The minimum absolute atomic E-state index is 0.00325. The number of ketones is 1. The third kappa shape index (κ3) is 4.60. The van der Waals surface area contributed by atoms with Crippen LogP contribution in [0, 0.1) is 0 Å². The van der Waals surface area contributed by atoms with E-state index >= 15 is 0 Å². The molecule has 1 aromatic heterocycles. The molecule has 1 saturated heterocycles. The molecule has 5 rings (SSSR count). The molecule has 1 aliphatic carbocycles. The van der Waals surface area contributed by atoms with E-state index in [1.807, 2.05) is 30.3 Å². The fraction of sp³-hybridized carbons (Fsp3) is 0.370. The summed E-state index contributed by atoms with van der Waals surface area (Å²) >= 11 is 0. The number of hydrogen-bond acceptors (Lipinski definition) is 8. The van der Waals surface area contributed by atoms with Crippen LogP contribution in [-0.4, -0.2) is 63.3 Å². The van der Waals surface area contributed by atoms with Crippen molar-refractivity contribution in [2.75, 3.05) is 57.3 Å². The average molecular weight is 475 g/mol. The number of hydrogen-bond donors (Lipinski definition) is 0. The van der Waals surface area contributed by atoms with Gasteiger partial charge in [0.15, 0.2) is 5.78 Å². The number of carbonyl (C=O) groups excluding carboxylic acids is 1. The maximum absolute atomic E-state index is 13.0. The summed E-state index contributed by atoms with van der Waals surface area (Å²) in [6, 6.07) is 13.9. The van der Waals surface area contributed by atoms with E-state index in [1.165, 1.54) is 0 Å². The van der Waals surface area contributed by atoms with Crippen LogP contribution in [0.15, 0.2) is 48.7 Å². The van der Waals surface area contributed by atoms with Crippen LogP contribution in [0.25, 0.3) is 0 Å². The molecule has 0 bridgehead atoms. The van der Waals surface area contributed by atoms with Crippen LogP contribution in [0.5, 0.6) is 17.2 Å². The first-order chi connectivity index (χ1) is 17.1. The minimum Gasteiger partial charge on any atom is -0.497 e. The number of benzene rings is 2. The fourth-order valence-corrected chi connectivity index (χ4v) is 4.93. The molecule has 0 radical (unpaired) electrons. The molecule has 3 aromatic rings. The molecule has 0 N–H and O–H groups in total. The zero-order valence-electron chi connectivity index (χ0n) is 20.4. The van der Waals surface area contributed by atoms with Crippen molar-refractivity contribution in [1.82, 2.24) is 9.97 Å². The molecule has 0 spiro atoms. The first-order valence-electron chi connectivity index (χ1n) is 11.8. The Morgan fingerprint density at radius 2 is 1.60 bits per heavy atom. The van der Waals surface area contributed by atoms with Gasteiger partial charge in [0.25, 0.3) is 0 Å². The SMILES string of the molecule is COc1cccc(N2CCN(c3ncc4c(n3)C[C@@H](c3ccc(OC)cc3OC)CC4=O)CC2)c1. The predicted molar refractivity (Wildman–Crippen MR) is 134 cm³/mol. The molecule has 1 atom stereocenters. The van der Waals surface area contributed by atoms with E-state index in [1.54, 1.807) is 27.5 Å². The van der Waals surface area contributed by atoms with Gasteiger partial charge in [-0.25, -0.2) is 9.97 Å². The molecule has 2 aliphatic rings. The molecular formula is C27H30N4O4. The molecule has 0 saturated carbocycles. The highest BCUT2D eigenvalue weighted by atomic mass is 16.5. The zero-order valence-corrected chi connectivity index (χ0v) is 20.4. The smallest absolute Gasteiger partial charge is 0.225 e. The number of rotatable bonds is 6. The Morgan fingerprint density at radius 1 is 0.857 bits per heavy atom. The lowest BCUT2D eigenvalue weighted by molar-refractivity contribution is 0.0962. The first-order valence-corrected chi connectivity index (χ1v) is 11.8. The Hall–Kier alpha value is -3.81. The lowest BCUT2D eigenvalue weighted by Crippen LogP contribution is -2.47. The summed E-state index contributed by atoms with van der Waals surface area (Å²) in [4.78, 5) is 26.9. The summed E-state index contributed by atoms with van der Waals surface area (Å²) < 4.78 is 16.3. The maximum atomic E-state index is 13.0. The molecule has 8 heteroatoms. The van der Waals surface area contributed by atoms with E-state index in [4.69, 9.17) is 19.2 Å². The summed E-state index contributed by atoms with van der Waals surface area (Å²) in [7, 11) is 4.95. The normalized spacial score (nSPS) is 17.7. The van der Waals surface area contributed by atoms with Gasteiger partial charge in [-0.15, -0.1) is 0 Å². The Morgan fingerprint density at radius 3 is 2.34 bits per heavy atom. The summed E-state index contributed by atoms with van der Waals surface area (Å²) in [6.45, 7) is 3.33. The van der Waals surface area contributed by atoms with Crippen LogP contribution in [0.1, 0.15) is 34.0 Å². The molecule has 8 nitrogen and oxygen atoms in total. The van der Waals surface area contributed by atoms with Crippen molar-refractivity contribution in [3.05, 3.63) is 65.5 Å². The van der Waals surface area contributed by atoms with Gasteiger partial charge in [0.05, 0.1) is 32.6 Å². The van der Waals surface area contributed by atoms with E-state index in [-0.39, 0.29) is 11.7 Å². The number of nitrogens with zero attached hydrogens (tertiary/aromatic N) is 4. The topological polar surface area (TPSA) is 77.0 Å². The van der Waals surface area contributed by atoms with Crippen molar-refractivity contribution >= 4 is 17.4 Å². The summed E-state index contributed by atoms with van der Waals surface area (Å²) in [5.41, 5.74) is 3.59. The van der Waals surface area contributed by atoms with Crippen molar-refractivity contribution in [2.45, 2.75) is 18.8 Å². The van der Waals surface area contributed by atoms with Crippen molar-refractivity contribution in [2.24, 2.45) is 0 Å². The molecule has 0 unspecified atom stereocenters. The number of ether oxygens (including phenoxy) is 3. The highest BCUT2D eigenvalue weighted by Crippen LogP contribution is 2.38. The van der Waals surface area contributed by atoms with Crippen molar-refractivity contribution in [1.29, 1.82) is 0 Å². The summed E-state index contributed by atoms with van der Waals surface area (Å²) in [6.07, 6.45) is 2.79. The van der Waals surface area contributed by atoms with E-state index in [0.29, 0.717) is 24.4 Å². The second kappa shape index (κ2) is 9.82. The van der Waals surface area contributed by atoms with Crippen LogP contribution in [0.4, 0.5) is 11.6 Å². The van der Waals surface area contributed by atoms with Gasteiger partial charge in [0, 0.05) is 62.5 Å². The number of methoxy groups -OCH3 is 3. The first kappa shape index (κ1) is 23.0. The fourth-order valence-electron chi connectivity index (χ4n) is 4.93. The van der Waals surface area contributed by atoms with Crippen molar-refractivity contribution in [3.8, 4) is 17.2 Å². The predicted octanol–water partition coefficient (Wildman–Crippen LogP) is 3.74. The van der Waals surface area contributed by atoms with E-state index < -0.39 is 0 Å². The Balaban J connectivity index is 1.33. The molecule has 182 valence electrons. The van der Waals surface area contributed by atoms with Gasteiger partial charge in [-0.3, -0.25) is 4.79 Å². The highest BCUT2D eigenvalue weighted by Gasteiger charge is 2.31. The molecule has 0 amide bonds. The summed E-state index contributed by atoms with van der Waals surface area (Å²) in [5, 5.41) is 0. The van der Waals surface area contributed by atoms with Gasteiger partial charge in [0.1, 0.15) is 17.2 Å². The largest absolute Gasteiger partial charge is 0.497 e. The van der Waals surface area contributed by atoms with Gasteiger partial charge in [0.2, 0.25) is 5.95 Å². The van der Waals surface area contributed by atoms with Gasteiger partial charge in [-0.2, -0.15) is 0 Å². The Bertz CT molecular complexity index is 1220. The Labute approximate surface area is 205 Å². The van der Waals surface area contributed by atoms with Gasteiger partial charge in [-0.05, 0) is 30.2 Å². The van der Waals surface area contributed by atoms with E-state index in [0.717, 1.165) is 60.4 Å². The van der Waals surface area contributed by atoms with Crippen molar-refractivity contribution in [3.63, 3.8) is 0 Å². The zero-order chi connectivity index (χ0) is 24.4. The second-order valence-corrected chi connectivity index (χ2v) is 8.84. The maximum Gasteiger partial charge on any atom is 0.225 e. The van der Waals surface area contributed by atoms with Crippen LogP contribution in [0.3, 0.4) is 0 Å². The van der Waals surface area contributed by atoms with Crippen LogP contribution >= 0.6 is 0 Å². The monoisotopic (exact) mass is 474 g/mol. The lowest BCUT2D eigenvalue weighted by Gasteiger charge is -2.36.